The molecule has 0 atom stereocenters. The van der Waals surface area contributed by atoms with E-state index < -0.39 is 0 Å². The zero-order valence-corrected chi connectivity index (χ0v) is 18.3. The van der Waals surface area contributed by atoms with Crippen LogP contribution in [0.5, 0.6) is 0 Å². The quantitative estimate of drug-likeness (QED) is 0.347. The number of benzene rings is 3. The number of fused-ring (bicyclic) bond motifs is 2. The first-order valence-corrected chi connectivity index (χ1v) is 11.1. The number of ketones is 1. The number of ether oxygens (including phenoxy) is 1. The Hall–Kier alpha value is -2.95. The van der Waals surface area contributed by atoms with E-state index in [-0.39, 0.29) is 5.78 Å². The molecule has 1 fully saturated rings. The van der Waals surface area contributed by atoms with Crippen LogP contribution in [0.15, 0.2) is 66.9 Å². The molecule has 4 heteroatoms. The number of likely N-dealkylation sites (N-methyl/N-ethyl adjacent to an activating group) is 1. The highest BCUT2D eigenvalue weighted by molar-refractivity contribution is 6.21. The third-order valence-corrected chi connectivity index (χ3v) is 6.85. The Morgan fingerprint density at radius 1 is 0.903 bits per heavy atom. The molecule has 5 rings (SSSR count). The maximum atomic E-state index is 13.7. The lowest BCUT2D eigenvalue weighted by atomic mass is 9.95. The summed E-state index contributed by atoms with van der Waals surface area (Å²) in [7, 11) is 2.30. The second-order valence-electron chi connectivity index (χ2n) is 8.96. The van der Waals surface area contributed by atoms with Crippen molar-refractivity contribution in [1.29, 1.82) is 0 Å². The highest BCUT2D eigenvalue weighted by Crippen LogP contribution is 2.29. The predicted octanol–water partition coefficient (Wildman–Crippen LogP) is 4.81. The largest absolute Gasteiger partial charge is 0.370 e. The monoisotopic (exact) mass is 413 g/mol. The van der Waals surface area contributed by atoms with Gasteiger partial charge < -0.3 is 13.8 Å². The van der Waals surface area contributed by atoms with Crippen molar-refractivity contribution in [3.63, 3.8) is 0 Å². The van der Waals surface area contributed by atoms with E-state index in [1.807, 2.05) is 24.3 Å². The Morgan fingerprint density at radius 3 is 2.35 bits per heavy atom. The first kappa shape index (κ1) is 20.0. The van der Waals surface area contributed by atoms with Gasteiger partial charge in [-0.3, -0.25) is 4.79 Å². The average Bonchev–Trinajstić information content (AvgIpc) is 3.17. The van der Waals surface area contributed by atoms with Gasteiger partial charge in [0, 0.05) is 28.2 Å². The lowest BCUT2D eigenvalue weighted by molar-refractivity contribution is -0.917. The van der Waals surface area contributed by atoms with Gasteiger partial charge in [0.05, 0.1) is 33.4 Å². The summed E-state index contributed by atoms with van der Waals surface area (Å²) in [5, 5.41) is 3.19. The van der Waals surface area contributed by atoms with Crippen molar-refractivity contribution in [3.8, 4) is 0 Å². The molecule has 1 saturated heterocycles. The fourth-order valence-corrected chi connectivity index (χ4v) is 4.76. The molecule has 0 N–H and O–H groups in total. The van der Waals surface area contributed by atoms with Gasteiger partial charge in [0.15, 0.2) is 5.78 Å². The zero-order valence-electron chi connectivity index (χ0n) is 18.3. The number of nitrogens with zero attached hydrogens (tertiary/aromatic N) is 2. The molecule has 158 valence electrons. The van der Waals surface area contributed by atoms with Crippen LogP contribution in [0.4, 0.5) is 0 Å². The summed E-state index contributed by atoms with van der Waals surface area (Å²) in [5.41, 5.74) is 3.88. The van der Waals surface area contributed by atoms with Gasteiger partial charge >= 0.3 is 0 Å². The molecule has 0 radical (unpaired) electrons. The number of rotatable bonds is 5. The number of aryl methyl sites for hydroxylation is 1. The molecule has 3 aromatic carbocycles. The summed E-state index contributed by atoms with van der Waals surface area (Å²) in [6.07, 6.45) is 2.06. The second kappa shape index (κ2) is 7.95. The molecule has 2 heterocycles. The first-order valence-electron chi connectivity index (χ1n) is 11.1. The fourth-order valence-electron chi connectivity index (χ4n) is 4.76. The second-order valence-corrected chi connectivity index (χ2v) is 8.96. The van der Waals surface area contributed by atoms with Crippen LogP contribution in [0, 0.1) is 6.92 Å². The van der Waals surface area contributed by atoms with Crippen molar-refractivity contribution in [2.24, 2.45) is 0 Å². The smallest absolute Gasteiger partial charge is 0.195 e. The maximum Gasteiger partial charge on any atom is 0.195 e. The van der Waals surface area contributed by atoms with E-state index in [1.54, 1.807) is 0 Å². The maximum absolute atomic E-state index is 13.7. The van der Waals surface area contributed by atoms with Crippen molar-refractivity contribution in [2.75, 3.05) is 39.9 Å². The number of aromatic nitrogens is 1. The minimum Gasteiger partial charge on any atom is -0.370 e. The number of hydrogen-bond acceptors (Lipinski definition) is 2. The Bertz CT molecular complexity index is 1260. The summed E-state index contributed by atoms with van der Waals surface area (Å²) in [6.45, 7) is 7.75. The summed E-state index contributed by atoms with van der Waals surface area (Å²) in [6, 6.07) is 20.5. The molecular formula is C27H29N2O2+. The van der Waals surface area contributed by atoms with E-state index >= 15 is 0 Å². The van der Waals surface area contributed by atoms with Gasteiger partial charge in [0.1, 0.15) is 13.1 Å². The minimum absolute atomic E-state index is 0.0953. The lowest BCUT2D eigenvalue weighted by Crippen LogP contribution is -2.53. The number of morpholine rings is 1. The van der Waals surface area contributed by atoms with E-state index in [2.05, 4.69) is 61.1 Å². The van der Waals surface area contributed by atoms with Gasteiger partial charge in [0.25, 0.3) is 0 Å². The Kier molecular flexibility index (Phi) is 5.12. The Labute approximate surface area is 183 Å². The minimum atomic E-state index is 0.0953. The molecular weight excluding hydrogens is 384 g/mol. The van der Waals surface area contributed by atoms with E-state index in [0.717, 1.165) is 76.7 Å². The molecule has 4 nitrogen and oxygen atoms in total. The topological polar surface area (TPSA) is 31.2 Å². The third-order valence-electron chi connectivity index (χ3n) is 6.85. The summed E-state index contributed by atoms with van der Waals surface area (Å²) >= 11 is 0. The number of para-hydroxylation sites is 1. The molecule has 1 aliphatic rings. The van der Waals surface area contributed by atoms with Crippen molar-refractivity contribution >= 4 is 27.5 Å². The molecule has 0 unspecified atom stereocenters. The van der Waals surface area contributed by atoms with Crippen LogP contribution in [0.1, 0.15) is 21.5 Å². The van der Waals surface area contributed by atoms with Gasteiger partial charge in [-0.25, -0.2) is 0 Å². The van der Waals surface area contributed by atoms with Crippen molar-refractivity contribution in [3.05, 3.63) is 83.6 Å². The molecule has 1 aliphatic heterocycles. The van der Waals surface area contributed by atoms with Crippen LogP contribution in [-0.4, -0.2) is 54.7 Å². The highest BCUT2D eigenvalue weighted by atomic mass is 16.5. The van der Waals surface area contributed by atoms with E-state index in [4.69, 9.17) is 4.74 Å². The number of carbonyl (C=O) groups excluding carboxylic acids is 1. The number of carbonyl (C=O) groups is 1. The molecule has 0 amide bonds. The van der Waals surface area contributed by atoms with Gasteiger partial charge in [-0.15, -0.1) is 0 Å². The molecule has 0 saturated carbocycles. The van der Waals surface area contributed by atoms with Crippen LogP contribution >= 0.6 is 0 Å². The summed E-state index contributed by atoms with van der Waals surface area (Å²) < 4.78 is 8.82. The Balaban J connectivity index is 1.54. The molecule has 1 aromatic heterocycles. The molecule has 31 heavy (non-hydrogen) atoms. The number of hydrogen-bond donors (Lipinski definition) is 0. The first-order chi connectivity index (χ1) is 15.1. The predicted molar refractivity (Wildman–Crippen MR) is 126 cm³/mol. The van der Waals surface area contributed by atoms with Crippen molar-refractivity contribution in [1.82, 2.24) is 4.57 Å². The lowest BCUT2D eigenvalue weighted by Gasteiger charge is -2.37. The van der Waals surface area contributed by atoms with Gasteiger partial charge in [-0.2, -0.15) is 0 Å². The fraction of sp³-hybridized carbons (Fsp3) is 0.296. The summed E-state index contributed by atoms with van der Waals surface area (Å²) in [4.78, 5) is 13.7. The van der Waals surface area contributed by atoms with Crippen LogP contribution in [0.25, 0.3) is 21.7 Å². The Morgan fingerprint density at radius 2 is 1.58 bits per heavy atom. The van der Waals surface area contributed by atoms with Crippen molar-refractivity contribution in [2.45, 2.75) is 13.5 Å². The van der Waals surface area contributed by atoms with Crippen LogP contribution in [-0.2, 0) is 11.3 Å². The van der Waals surface area contributed by atoms with E-state index in [0.29, 0.717) is 0 Å². The SMILES string of the molecule is Cc1ccc(C(=O)c2cn(CC[N+]3(C)CCOCC3)c3ccccc23)c2ccccc12. The van der Waals surface area contributed by atoms with Crippen LogP contribution in [0.2, 0.25) is 0 Å². The molecule has 0 bridgehead atoms. The highest BCUT2D eigenvalue weighted by Gasteiger charge is 2.26. The zero-order chi connectivity index (χ0) is 21.4. The summed E-state index contributed by atoms with van der Waals surface area (Å²) in [5.74, 6) is 0.0953. The molecule has 0 spiro atoms. The van der Waals surface area contributed by atoms with Gasteiger partial charge in [0.2, 0.25) is 0 Å². The molecule has 4 aromatic rings. The van der Waals surface area contributed by atoms with Crippen LogP contribution < -0.4 is 0 Å². The van der Waals surface area contributed by atoms with Gasteiger partial charge in [-0.1, -0.05) is 54.6 Å². The van der Waals surface area contributed by atoms with E-state index in [1.165, 1.54) is 5.56 Å². The average molecular weight is 414 g/mol. The standard InChI is InChI=1S/C27H29N2O2/c1-20-11-12-24(22-8-4-3-7-21(20)22)27(30)25-19-28(26-10-6-5-9-23(25)26)13-14-29(2)15-17-31-18-16-29/h3-12,19H,13-18H2,1-2H3/q+1. The van der Waals surface area contributed by atoms with E-state index in [9.17, 15) is 4.79 Å². The van der Waals surface area contributed by atoms with Crippen molar-refractivity contribution < 1.29 is 14.0 Å². The van der Waals surface area contributed by atoms with Gasteiger partial charge in [-0.05, 0) is 29.3 Å². The third kappa shape index (κ3) is 3.67. The number of quaternary nitrogens is 1. The normalized spacial score (nSPS) is 16.1. The molecule has 0 aliphatic carbocycles. The van der Waals surface area contributed by atoms with Crippen LogP contribution in [0.3, 0.4) is 0 Å².